The minimum absolute atomic E-state index is 0.0493. The minimum Gasteiger partial charge on any atom is -0.494 e. The van der Waals surface area contributed by atoms with E-state index in [0.717, 1.165) is 17.9 Å². The number of nitrogens with zero attached hydrogens (tertiary/aromatic N) is 5. The molecule has 1 heterocycles. The summed E-state index contributed by atoms with van der Waals surface area (Å²) in [7, 11) is 2.00. The first-order valence-electron chi connectivity index (χ1n) is 8.59. The van der Waals surface area contributed by atoms with Crippen LogP contribution in [0.3, 0.4) is 0 Å². The van der Waals surface area contributed by atoms with E-state index in [0.29, 0.717) is 19.1 Å². The van der Waals surface area contributed by atoms with E-state index >= 15 is 0 Å². The maximum absolute atomic E-state index is 10.7. The van der Waals surface area contributed by atoms with Crippen molar-refractivity contribution < 1.29 is 9.66 Å². The highest BCUT2D eigenvalue weighted by molar-refractivity contribution is 5.56. The SMILES string of the molecule is CCOc1ccc(CN(C)Cn2cnc(-c3ccc([N+](=O)[O-])cc3)n2)cc1. The van der Waals surface area contributed by atoms with Crippen LogP contribution in [-0.2, 0) is 13.2 Å². The van der Waals surface area contributed by atoms with Gasteiger partial charge in [0.25, 0.3) is 5.69 Å². The van der Waals surface area contributed by atoms with E-state index in [9.17, 15) is 10.1 Å². The summed E-state index contributed by atoms with van der Waals surface area (Å²) in [5.41, 5.74) is 1.97. The van der Waals surface area contributed by atoms with Crippen LogP contribution in [0.1, 0.15) is 12.5 Å². The molecule has 0 fully saturated rings. The maximum atomic E-state index is 10.7. The van der Waals surface area contributed by atoms with Gasteiger partial charge in [-0.25, -0.2) is 9.67 Å². The zero-order valence-electron chi connectivity index (χ0n) is 15.3. The predicted molar refractivity (Wildman–Crippen MR) is 101 cm³/mol. The fraction of sp³-hybridized carbons (Fsp3) is 0.263. The Morgan fingerprint density at radius 1 is 1.15 bits per heavy atom. The van der Waals surface area contributed by atoms with Gasteiger partial charge in [0.2, 0.25) is 0 Å². The molecule has 0 bridgehead atoms. The van der Waals surface area contributed by atoms with E-state index in [2.05, 4.69) is 15.0 Å². The second kappa shape index (κ2) is 8.41. The number of ether oxygens (including phenoxy) is 1. The molecule has 8 nitrogen and oxygen atoms in total. The summed E-state index contributed by atoms with van der Waals surface area (Å²) in [5.74, 6) is 1.41. The molecule has 3 rings (SSSR count). The van der Waals surface area contributed by atoms with Crippen LogP contribution < -0.4 is 4.74 Å². The molecule has 0 radical (unpaired) electrons. The summed E-state index contributed by atoms with van der Waals surface area (Å²) in [6.45, 7) is 3.96. The Bertz CT molecular complexity index is 890. The molecule has 0 saturated heterocycles. The Morgan fingerprint density at radius 3 is 2.48 bits per heavy atom. The van der Waals surface area contributed by atoms with Crippen molar-refractivity contribution >= 4 is 5.69 Å². The van der Waals surface area contributed by atoms with Crippen molar-refractivity contribution in [3.63, 3.8) is 0 Å². The fourth-order valence-electron chi connectivity index (χ4n) is 2.69. The number of nitro benzene ring substituents is 1. The molecule has 1 aromatic heterocycles. The van der Waals surface area contributed by atoms with Crippen LogP contribution in [0.5, 0.6) is 5.75 Å². The molecular weight excluding hydrogens is 346 g/mol. The Morgan fingerprint density at radius 2 is 1.85 bits per heavy atom. The predicted octanol–water partition coefficient (Wildman–Crippen LogP) is 3.34. The number of hydrogen-bond donors (Lipinski definition) is 0. The topological polar surface area (TPSA) is 86.3 Å². The molecule has 0 unspecified atom stereocenters. The van der Waals surface area contributed by atoms with E-state index in [1.54, 1.807) is 23.1 Å². The van der Waals surface area contributed by atoms with Gasteiger partial charge in [0, 0.05) is 24.2 Å². The van der Waals surface area contributed by atoms with Crippen LogP contribution in [0.4, 0.5) is 5.69 Å². The smallest absolute Gasteiger partial charge is 0.269 e. The van der Waals surface area contributed by atoms with E-state index < -0.39 is 4.92 Å². The van der Waals surface area contributed by atoms with Crippen LogP contribution >= 0.6 is 0 Å². The van der Waals surface area contributed by atoms with Gasteiger partial charge in [0.05, 0.1) is 18.2 Å². The molecule has 0 aliphatic heterocycles. The van der Waals surface area contributed by atoms with Crippen molar-refractivity contribution in [3.05, 3.63) is 70.5 Å². The summed E-state index contributed by atoms with van der Waals surface area (Å²) in [5, 5.41) is 15.2. The Kier molecular flexibility index (Phi) is 5.77. The van der Waals surface area contributed by atoms with Gasteiger partial charge in [-0.15, -0.1) is 5.10 Å². The van der Waals surface area contributed by atoms with Crippen LogP contribution in [0, 0.1) is 10.1 Å². The first-order chi connectivity index (χ1) is 13.0. The standard InChI is InChI=1S/C19H21N5O3/c1-3-27-18-10-4-15(5-11-18)12-22(2)14-23-13-20-19(21-23)16-6-8-17(9-7-16)24(25)26/h4-11,13H,3,12,14H2,1-2H3. The molecule has 0 aliphatic rings. The molecule has 0 atom stereocenters. The van der Waals surface area contributed by atoms with E-state index in [4.69, 9.17) is 4.74 Å². The molecule has 3 aromatic rings. The number of hydrogen-bond acceptors (Lipinski definition) is 6. The fourth-order valence-corrected chi connectivity index (χ4v) is 2.69. The van der Waals surface area contributed by atoms with Gasteiger partial charge in [0.1, 0.15) is 12.1 Å². The molecular formula is C19H21N5O3. The van der Waals surface area contributed by atoms with Crippen LogP contribution in [0.25, 0.3) is 11.4 Å². The average Bonchev–Trinajstić information content (AvgIpc) is 3.12. The van der Waals surface area contributed by atoms with E-state index in [1.807, 2.05) is 38.2 Å². The third-order valence-electron chi connectivity index (χ3n) is 3.95. The van der Waals surface area contributed by atoms with Gasteiger partial charge in [-0.05, 0) is 43.8 Å². The van der Waals surface area contributed by atoms with Gasteiger partial charge < -0.3 is 4.74 Å². The molecule has 27 heavy (non-hydrogen) atoms. The molecule has 8 heteroatoms. The highest BCUT2D eigenvalue weighted by Gasteiger charge is 2.09. The molecule has 0 spiro atoms. The number of nitro groups is 1. The lowest BCUT2D eigenvalue weighted by atomic mass is 10.2. The summed E-state index contributed by atoms with van der Waals surface area (Å²) in [6, 6.07) is 14.2. The Labute approximate surface area is 157 Å². The second-order valence-electron chi connectivity index (χ2n) is 6.14. The van der Waals surface area contributed by atoms with Crippen molar-refractivity contribution in [2.75, 3.05) is 13.7 Å². The van der Waals surface area contributed by atoms with Crippen LogP contribution in [0.15, 0.2) is 54.9 Å². The van der Waals surface area contributed by atoms with Crippen LogP contribution in [-0.4, -0.2) is 38.2 Å². The lowest BCUT2D eigenvalue weighted by Gasteiger charge is -2.16. The number of benzene rings is 2. The van der Waals surface area contributed by atoms with E-state index in [1.165, 1.54) is 17.7 Å². The van der Waals surface area contributed by atoms with Gasteiger partial charge in [-0.1, -0.05) is 12.1 Å². The summed E-state index contributed by atoms with van der Waals surface area (Å²) in [4.78, 5) is 16.7. The van der Waals surface area contributed by atoms with Crippen molar-refractivity contribution in [2.24, 2.45) is 0 Å². The number of aromatic nitrogens is 3. The highest BCUT2D eigenvalue weighted by Crippen LogP contribution is 2.19. The monoisotopic (exact) mass is 367 g/mol. The summed E-state index contributed by atoms with van der Waals surface area (Å²) < 4.78 is 7.19. The van der Waals surface area contributed by atoms with Gasteiger partial charge >= 0.3 is 0 Å². The number of rotatable bonds is 8. The third kappa shape index (κ3) is 4.89. The molecule has 0 aliphatic carbocycles. The Balaban J connectivity index is 1.60. The molecule has 0 saturated carbocycles. The lowest BCUT2D eigenvalue weighted by molar-refractivity contribution is -0.384. The summed E-state index contributed by atoms with van der Waals surface area (Å²) in [6.07, 6.45) is 1.66. The number of non-ortho nitro benzene ring substituents is 1. The van der Waals surface area contributed by atoms with Gasteiger partial charge in [-0.3, -0.25) is 15.0 Å². The van der Waals surface area contributed by atoms with Crippen LogP contribution in [0.2, 0.25) is 0 Å². The summed E-state index contributed by atoms with van der Waals surface area (Å²) >= 11 is 0. The first kappa shape index (κ1) is 18.5. The average molecular weight is 367 g/mol. The minimum atomic E-state index is -0.425. The van der Waals surface area contributed by atoms with Crippen molar-refractivity contribution in [2.45, 2.75) is 20.1 Å². The molecule has 0 N–H and O–H groups in total. The molecule has 140 valence electrons. The third-order valence-corrected chi connectivity index (χ3v) is 3.95. The van der Waals surface area contributed by atoms with E-state index in [-0.39, 0.29) is 5.69 Å². The molecule has 0 amide bonds. The van der Waals surface area contributed by atoms with Gasteiger partial charge in [-0.2, -0.15) is 0 Å². The Hall–Kier alpha value is -3.26. The first-order valence-corrected chi connectivity index (χ1v) is 8.59. The van der Waals surface area contributed by atoms with Crippen molar-refractivity contribution in [1.82, 2.24) is 19.7 Å². The highest BCUT2D eigenvalue weighted by atomic mass is 16.6. The van der Waals surface area contributed by atoms with Crippen molar-refractivity contribution in [1.29, 1.82) is 0 Å². The second-order valence-corrected chi connectivity index (χ2v) is 6.14. The zero-order chi connectivity index (χ0) is 19.2. The largest absolute Gasteiger partial charge is 0.494 e. The zero-order valence-corrected chi connectivity index (χ0v) is 15.3. The normalized spacial score (nSPS) is 10.9. The lowest BCUT2D eigenvalue weighted by Crippen LogP contribution is -2.21. The van der Waals surface area contributed by atoms with Gasteiger partial charge in [0.15, 0.2) is 5.82 Å². The molecule has 2 aromatic carbocycles. The van der Waals surface area contributed by atoms with Crippen molar-refractivity contribution in [3.8, 4) is 17.1 Å². The quantitative estimate of drug-likeness (QED) is 0.448. The maximum Gasteiger partial charge on any atom is 0.269 e.